The Balaban J connectivity index is 1.85. The highest BCUT2D eigenvalue weighted by Gasteiger charge is 2.22. The molecule has 2 N–H and O–H groups in total. The van der Waals surface area contributed by atoms with E-state index in [9.17, 15) is 18.5 Å². The second-order valence-corrected chi connectivity index (χ2v) is 8.28. The molecule has 160 valence electrons. The van der Waals surface area contributed by atoms with Gasteiger partial charge in [-0.15, -0.1) is 0 Å². The fourth-order valence-electron chi connectivity index (χ4n) is 2.58. The van der Waals surface area contributed by atoms with Gasteiger partial charge in [-0.2, -0.15) is 5.10 Å². The Morgan fingerprint density at radius 1 is 1.06 bits per heavy atom. The van der Waals surface area contributed by atoms with Crippen molar-refractivity contribution in [3.05, 3.63) is 87.4 Å². The molecule has 0 saturated heterocycles. The molecule has 0 aliphatic rings. The zero-order chi connectivity index (χ0) is 22.4. The van der Waals surface area contributed by atoms with Crippen molar-refractivity contribution in [2.45, 2.75) is 4.90 Å². The Labute approximate surface area is 183 Å². The van der Waals surface area contributed by atoms with Gasteiger partial charge in [-0.25, -0.2) is 8.42 Å². The van der Waals surface area contributed by atoms with Crippen LogP contribution in [0.5, 0.6) is 5.75 Å². The average Bonchev–Trinajstić information content (AvgIpc) is 2.75. The third-order valence-corrected chi connectivity index (χ3v) is 5.71. The van der Waals surface area contributed by atoms with E-state index in [2.05, 4.69) is 15.2 Å². The Kier molecular flexibility index (Phi) is 6.73. The highest BCUT2D eigenvalue weighted by Crippen LogP contribution is 2.30. The van der Waals surface area contributed by atoms with E-state index < -0.39 is 20.6 Å². The minimum Gasteiger partial charge on any atom is -0.495 e. The number of benzene rings is 3. The number of ether oxygens (including phenoxy) is 1. The number of nitro benzene ring substituents is 1. The number of methoxy groups -OCH3 is 1. The molecule has 0 aliphatic carbocycles. The minimum absolute atomic E-state index is 0.0338. The number of para-hydroxylation sites is 2. The number of anilines is 2. The molecule has 0 atom stereocenters. The molecule has 0 amide bonds. The molecular weight excluding hydrogens is 444 g/mol. The largest absolute Gasteiger partial charge is 0.495 e. The molecule has 3 aromatic rings. The molecule has 0 aromatic heterocycles. The molecule has 0 spiro atoms. The van der Waals surface area contributed by atoms with Crippen LogP contribution in [0.2, 0.25) is 5.02 Å². The van der Waals surface area contributed by atoms with Gasteiger partial charge in [-0.1, -0.05) is 35.9 Å². The summed E-state index contributed by atoms with van der Waals surface area (Å²) >= 11 is 5.82. The van der Waals surface area contributed by atoms with Crippen LogP contribution in [0.25, 0.3) is 0 Å². The molecule has 3 rings (SSSR count). The maximum Gasteiger partial charge on any atom is 0.295 e. The molecule has 31 heavy (non-hydrogen) atoms. The molecule has 0 bridgehead atoms. The maximum absolute atomic E-state index is 12.7. The fraction of sp³-hybridized carbons (Fsp3) is 0.0500. The lowest BCUT2D eigenvalue weighted by Gasteiger charge is -2.12. The third-order valence-electron chi connectivity index (χ3n) is 4.10. The van der Waals surface area contributed by atoms with E-state index in [4.69, 9.17) is 16.3 Å². The first-order valence-corrected chi connectivity index (χ1v) is 10.7. The summed E-state index contributed by atoms with van der Waals surface area (Å²) in [6.45, 7) is 0. The molecule has 0 radical (unpaired) electrons. The summed E-state index contributed by atoms with van der Waals surface area (Å²) in [6, 6.07) is 16.7. The molecule has 0 fully saturated rings. The van der Waals surface area contributed by atoms with Gasteiger partial charge in [0.25, 0.3) is 15.7 Å². The second-order valence-electron chi connectivity index (χ2n) is 6.16. The van der Waals surface area contributed by atoms with Crippen molar-refractivity contribution in [3.63, 3.8) is 0 Å². The highest BCUT2D eigenvalue weighted by molar-refractivity contribution is 7.92. The van der Waals surface area contributed by atoms with Gasteiger partial charge in [0.05, 0.1) is 28.8 Å². The number of halogens is 1. The van der Waals surface area contributed by atoms with Crippen LogP contribution < -0.4 is 14.9 Å². The second kappa shape index (κ2) is 9.45. The van der Waals surface area contributed by atoms with Crippen molar-refractivity contribution in [2.24, 2.45) is 5.10 Å². The zero-order valence-electron chi connectivity index (χ0n) is 16.2. The Morgan fingerprint density at radius 2 is 1.77 bits per heavy atom. The molecule has 0 aliphatic heterocycles. The van der Waals surface area contributed by atoms with E-state index in [1.54, 1.807) is 42.5 Å². The van der Waals surface area contributed by atoms with E-state index >= 15 is 0 Å². The zero-order valence-corrected chi connectivity index (χ0v) is 17.7. The van der Waals surface area contributed by atoms with Crippen LogP contribution in [0.1, 0.15) is 5.56 Å². The molecule has 9 nitrogen and oxygen atoms in total. The van der Waals surface area contributed by atoms with Crippen molar-refractivity contribution >= 4 is 44.9 Å². The topological polar surface area (TPSA) is 123 Å². The van der Waals surface area contributed by atoms with Gasteiger partial charge >= 0.3 is 0 Å². The highest BCUT2D eigenvalue weighted by atomic mass is 35.5. The number of hydrazone groups is 1. The van der Waals surface area contributed by atoms with E-state index in [-0.39, 0.29) is 16.3 Å². The summed E-state index contributed by atoms with van der Waals surface area (Å²) in [6.07, 6.45) is 1.45. The van der Waals surface area contributed by atoms with Crippen molar-refractivity contribution < 1.29 is 18.1 Å². The molecule has 11 heteroatoms. The van der Waals surface area contributed by atoms with Crippen molar-refractivity contribution in [1.82, 2.24) is 0 Å². The van der Waals surface area contributed by atoms with E-state index in [0.717, 1.165) is 11.6 Å². The fourth-order valence-corrected chi connectivity index (χ4v) is 3.80. The van der Waals surface area contributed by atoms with Crippen LogP contribution in [0.15, 0.2) is 76.7 Å². The average molecular weight is 461 g/mol. The van der Waals surface area contributed by atoms with Crippen LogP contribution >= 0.6 is 11.6 Å². The summed E-state index contributed by atoms with van der Waals surface area (Å²) in [5, 5.41) is 16.0. The lowest BCUT2D eigenvalue weighted by Crippen LogP contribution is -2.14. The Hall–Kier alpha value is -3.63. The molecule has 0 saturated carbocycles. The van der Waals surface area contributed by atoms with Crippen molar-refractivity contribution in [1.29, 1.82) is 0 Å². The number of nitrogens with one attached hydrogen (secondary N) is 2. The van der Waals surface area contributed by atoms with E-state index in [1.807, 2.05) is 0 Å². The molecule has 3 aromatic carbocycles. The van der Waals surface area contributed by atoms with Crippen molar-refractivity contribution in [2.75, 3.05) is 17.3 Å². The van der Waals surface area contributed by atoms with E-state index in [0.29, 0.717) is 10.8 Å². The summed E-state index contributed by atoms with van der Waals surface area (Å²) in [7, 11) is -2.69. The van der Waals surface area contributed by atoms with Gasteiger partial charge < -0.3 is 4.74 Å². The summed E-state index contributed by atoms with van der Waals surface area (Å²) in [4.78, 5) is 10.5. The van der Waals surface area contributed by atoms with Gasteiger partial charge in [0.2, 0.25) is 0 Å². The van der Waals surface area contributed by atoms with Crippen LogP contribution in [0.3, 0.4) is 0 Å². The van der Waals surface area contributed by atoms with Crippen LogP contribution in [0, 0.1) is 10.1 Å². The van der Waals surface area contributed by atoms with Gasteiger partial charge in [0, 0.05) is 11.1 Å². The first-order valence-electron chi connectivity index (χ1n) is 8.79. The van der Waals surface area contributed by atoms with Crippen molar-refractivity contribution in [3.8, 4) is 5.75 Å². The van der Waals surface area contributed by atoms with Gasteiger partial charge in [0.15, 0.2) is 0 Å². The predicted octanol–water partition coefficient (Wildman–Crippen LogP) is 4.50. The first kappa shape index (κ1) is 22.1. The normalized spacial score (nSPS) is 11.3. The monoisotopic (exact) mass is 460 g/mol. The van der Waals surface area contributed by atoms with Gasteiger partial charge in [-0.3, -0.25) is 20.3 Å². The van der Waals surface area contributed by atoms with Crippen LogP contribution in [-0.2, 0) is 10.0 Å². The number of sulfonamides is 1. The molecule has 0 heterocycles. The quantitative estimate of drug-likeness (QED) is 0.290. The van der Waals surface area contributed by atoms with Crippen LogP contribution in [-0.4, -0.2) is 26.7 Å². The molecular formula is C20H17ClN4O5S. The summed E-state index contributed by atoms with van der Waals surface area (Å²) in [5.74, 6) is 0.315. The smallest absolute Gasteiger partial charge is 0.295 e. The maximum atomic E-state index is 12.7. The number of rotatable bonds is 8. The Bertz CT molecular complexity index is 1230. The van der Waals surface area contributed by atoms with Gasteiger partial charge in [0.1, 0.15) is 11.4 Å². The van der Waals surface area contributed by atoms with Crippen LogP contribution in [0.4, 0.5) is 17.1 Å². The summed E-state index contributed by atoms with van der Waals surface area (Å²) < 4.78 is 33.0. The lowest BCUT2D eigenvalue weighted by atomic mass is 10.2. The summed E-state index contributed by atoms with van der Waals surface area (Å²) in [5.41, 5.74) is 3.08. The minimum atomic E-state index is -4.10. The standard InChI is InChI=1S/C20H17ClN4O5S/c1-30-20-5-3-2-4-18(20)24-31(28,29)16-10-11-17(19(12-16)25(26)27)23-22-13-14-6-8-15(21)9-7-14/h2-13,23-24H,1H3. The number of nitrogens with zero attached hydrogens (tertiary/aromatic N) is 2. The number of nitro groups is 1. The SMILES string of the molecule is COc1ccccc1NS(=O)(=O)c1ccc(NN=Cc2ccc(Cl)cc2)c([N+](=O)[O-])c1. The number of hydrogen-bond donors (Lipinski definition) is 2. The third kappa shape index (κ3) is 5.50. The first-order chi connectivity index (χ1) is 14.8. The number of hydrogen-bond acceptors (Lipinski definition) is 7. The van der Waals surface area contributed by atoms with E-state index in [1.165, 1.54) is 31.5 Å². The lowest BCUT2D eigenvalue weighted by molar-refractivity contribution is -0.384. The Morgan fingerprint density at radius 3 is 2.45 bits per heavy atom. The molecule has 0 unspecified atom stereocenters. The van der Waals surface area contributed by atoms with Gasteiger partial charge in [-0.05, 0) is 42.0 Å². The predicted molar refractivity (Wildman–Crippen MR) is 120 cm³/mol.